The lowest BCUT2D eigenvalue weighted by atomic mass is 10.1. The van der Waals surface area contributed by atoms with Gasteiger partial charge in [-0.3, -0.25) is 5.41 Å². The van der Waals surface area contributed by atoms with E-state index < -0.39 is 0 Å². The molecule has 4 N–H and O–H groups in total. The third-order valence-corrected chi connectivity index (χ3v) is 3.08. The first kappa shape index (κ1) is 11.0. The number of nitrogen functional groups attached to an aromatic ring is 1. The average Bonchev–Trinajstić information content (AvgIpc) is 2.77. The number of nitrogens with zero attached hydrogens (tertiary/aromatic N) is 1. The molecule has 86 valence electrons. The van der Waals surface area contributed by atoms with Crippen LogP contribution in [-0.2, 0) is 0 Å². The second-order valence-electron chi connectivity index (χ2n) is 4.14. The van der Waals surface area contributed by atoms with E-state index in [4.69, 9.17) is 11.1 Å². The molecule has 0 bridgehead atoms. The predicted molar refractivity (Wildman–Crippen MR) is 64.9 cm³/mol. The highest BCUT2D eigenvalue weighted by Gasteiger charge is 2.23. The Balaban J connectivity index is 2.26. The number of rotatable bonds is 3. The van der Waals surface area contributed by atoms with Crippen LogP contribution in [0.15, 0.2) is 24.3 Å². The van der Waals surface area contributed by atoms with Gasteiger partial charge in [-0.2, -0.15) is 0 Å². The molecule has 1 saturated heterocycles. The molecule has 1 aromatic carbocycles. The molecule has 0 radical (unpaired) electrons. The molecule has 0 amide bonds. The van der Waals surface area contributed by atoms with Crippen LogP contribution in [0.25, 0.3) is 0 Å². The molecule has 2 rings (SSSR count). The third kappa shape index (κ3) is 2.02. The molecule has 1 aliphatic heterocycles. The summed E-state index contributed by atoms with van der Waals surface area (Å²) in [7, 11) is 0. The zero-order valence-corrected chi connectivity index (χ0v) is 9.19. The van der Waals surface area contributed by atoms with E-state index in [-0.39, 0.29) is 18.5 Å². The van der Waals surface area contributed by atoms with Gasteiger partial charge in [0.15, 0.2) is 0 Å². The monoisotopic (exact) mass is 219 g/mol. The predicted octanol–water partition coefficient (Wildman–Crippen LogP) is 0.932. The third-order valence-electron chi connectivity index (χ3n) is 3.08. The summed E-state index contributed by atoms with van der Waals surface area (Å²) in [4.78, 5) is 2.19. The van der Waals surface area contributed by atoms with Crippen LogP contribution in [0.3, 0.4) is 0 Å². The van der Waals surface area contributed by atoms with Gasteiger partial charge in [0.05, 0.1) is 12.6 Å². The SMILES string of the molecule is N=C(N)c1cccc(N2CCC[C@H]2CO)c1. The quantitative estimate of drug-likeness (QED) is 0.523. The molecule has 0 spiro atoms. The van der Waals surface area contributed by atoms with Gasteiger partial charge in [-0.1, -0.05) is 12.1 Å². The van der Waals surface area contributed by atoms with E-state index in [2.05, 4.69) is 4.90 Å². The van der Waals surface area contributed by atoms with E-state index in [0.717, 1.165) is 30.6 Å². The zero-order chi connectivity index (χ0) is 11.5. The molecule has 0 aliphatic carbocycles. The summed E-state index contributed by atoms with van der Waals surface area (Å²) >= 11 is 0. The van der Waals surface area contributed by atoms with Crippen molar-refractivity contribution in [1.29, 1.82) is 5.41 Å². The van der Waals surface area contributed by atoms with Crippen LogP contribution < -0.4 is 10.6 Å². The van der Waals surface area contributed by atoms with Gasteiger partial charge in [0.25, 0.3) is 0 Å². The van der Waals surface area contributed by atoms with E-state index in [1.165, 1.54) is 0 Å². The molecule has 1 atom stereocenters. The van der Waals surface area contributed by atoms with Crippen molar-refractivity contribution in [3.05, 3.63) is 29.8 Å². The van der Waals surface area contributed by atoms with Gasteiger partial charge in [-0.25, -0.2) is 0 Å². The Kier molecular flexibility index (Phi) is 3.10. The van der Waals surface area contributed by atoms with Crippen LogP contribution in [0.5, 0.6) is 0 Å². The summed E-state index contributed by atoms with van der Waals surface area (Å²) in [5, 5.41) is 16.7. The lowest BCUT2D eigenvalue weighted by Gasteiger charge is -2.25. The number of nitrogens with one attached hydrogen (secondary N) is 1. The van der Waals surface area contributed by atoms with Crippen molar-refractivity contribution < 1.29 is 5.11 Å². The minimum absolute atomic E-state index is 0.0848. The van der Waals surface area contributed by atoms with Crippen LogP contribution in [-0.4, -0.2) is 30.1 Å². The topological polar surface area (TPSA) is 73.3 Å². The van der Waals surface area contributed by atoms with Crippen molar-refractivity contribution >= 4 is 11.5 Å². The standard InChI is InChI=1S/C12H17N3O/c13-12(14)9-3-1-4-10(7-9)15-6-2-5-11(15)8-16/h1,3-4,7,11,16H,2,5-6,8H2,(H3,13,14)/t11-/m0/s1. The van der Waals surface area contributed by atoms with Gasteiger partial charge < -0.3 is 15.7 Å². The van der Waals surface area contributed by atoms with Crippen LogP contribution >= 0.6 is 0 Å². The molecule has 4 heteroatoms. The van der Waals surface area contributed by atoms with Crippen molar-refractivity contribution in [2.24, 2.45) is 5.73 Å². The van der Waals surface area contributed by atoms with E-state index >= 15 is 0 Å². The van der Waals surface area contributed by atoms with Crippen LogP contribution in [0, 0.1) is 5.41 Å². The van der Waals surface area contributed by atoms with Crippen molar-refractivity contribution in [1.82, 2.24) is 0 Å². The molecule has 16 heavy (non-hydrogen) atoms. The first-order valence-corrected chi connectivity index (χ1v) is 5.54. The fourth-order valence-electron chi connectivity index (χ4n) is 2.22. The highest BCUT2D eigenvalue weighted by atomic mass is 16.3. The first-order valence-electron chi connectivity index (χ1n) is 5.54. The molecule has 1 heterocycles. The van der Waals surface area contributed by atoms with Crippen LogP contribution in [0.4, 0.5) is 5.69 Å². The van der Waals surface area contributed by atoms with E-state index in [0.29, 0.717) is 0 Å². The summed E-state index contributed by atoms with van der Waals surface area (Å²) in [5.41, 5.74) is 7.25. The number of anilines is 1. The maximum absolute atomic E-state index is 9.27. The number of amidine groups is 1. The number of nitrogens with two attached hydrogens (primary N) is 1. The van der Waals surface area contributed by atoms with Crippen molar-refractivity contribution in [3.63, 3.8) is 0 Å². The molecule has 0 saturated carbocycles. The Morgan fingerprint density at radius 1 is 1.56 bits per heavy atom. The van der Waals surface area contributed by atoms with Crippen molar-refractivity contribution in [3.8, 4) is 0 Å². The lowest BCUT2D eigenvalue weighted by Crippen LogP contribution is -2.32. The second-order valence-corrected chi connectivity index (χ2v) is 4.14. The Morgan fingerprint density at radius 2 is 2.38 bits per heavy atom. The van der Waals surface area contributed by atoms with Gasteiger partial charge in [0.1, 0.15) is 5.84 Å². The van der Waals surface area contributed by atoms with Gasteiger partial charge >= 0.3 is 0 Å². The Labute approximate surface area is 95.2 Å². The fraction of sp³-hybridized carbons (Fsp3) is 0.417. The highest BCUT2D eigenvalue weighted by Crippen LogP contribution is 2.25. The van der Waals surface area contributed by atoms with Gasteiger partial charge in [-0.05, 0) is 25.0 Å². The number of aliphatic hydroxyl groups is 1. The smallest absolute Gasteiger partial charge is 0.122 e. The summed E-state index contributed by atoms with van der Waals surface area (Å²) in [5.74, 6) is 0.0848. The minimum Gasteiger partial charge on any atom is -0.394 e. The summed E-state index contributed by atoms with van der Waals surface area (Å²) in [6.07, 6.45) is 2.14. The van der Waals surface area contributed by atoms with Gasteiger partial charge in [0.2, 0.25) is 0 Å². The summed E-state index contributed by atoms with van der Waals surface area (Å²) in [6, 6.07) is 7.85. The molecule has 1 fully saturated rings. The Morgan fingerprint density at radius 3 is 3.06 bits per heavy atom. The zero-order valence-electron chi connectivity index (χ0n) is 9.19. The van der Waals surface area contributed by atoms with Crippen LogP contribution in [0.1, 0.15) is 18.4 Å². The summed E-state index contributed by atoms with van der Waals surface area (Å²) < 4.78 is 0. The molecule has 1 aliphatic rings. The molecule has 4 nitrogen and oxygen atoms in total. The molecule has 1 aromatic rings. The average molecular weight is 219 g/mol. The second kappa shape index (κ2) is 4.53. The molecular formula is C12H17N3O. The van der Waals surface area contributed by atoms with Crippen molar-refractivity contribution in [2.45, 2.75) is 18.9 Å². The number of benzene rings is 1. The van der Waals surface area contributed by atoms with Crippen molar-refractivity contribution in [2.75, 3.05) is 18.1 Å². The molecule has 0 unspecified atom stereocenters. The molecule has 0 aromatic heterocycles. The largest absolute Gasteiger partial charge is 0.394 e. The van der Waals surface area contributed by atoms with E-state index in [9.17, 15) is 5.11 Å². The van der Waals surface area contributed by atoms with Crippen LogP contribution in [0.2, 0.25) is 0 Å². The van der Waals surface area contributed by atoms with E-state index in [1.807, 2.05) is 24.3 Å². The summed E-state index contributed by atoms with van der Waals surface area (Å²) in [6.45, 7) is 1.15. The number of aliphatic hydroxyl groups excluding tert-OH is 1. The maximum atomic E-state index is 9.27. The minimum atomic E-state index is 0.0848. The maximum Gasteiger partial charge on any atom is 0.122 e. The fourth-order valence-corrected chi connectivity index (χ4v) is 2.22. The molecular weight excluding hydrogens is 202 g/mol. The normalized spacial score (nSPS) is 20.1. The Hall–Kier alpha value is -1.55. The van der Waals surface area contributed by atoms with Gasteiger partial charge in [0, 0.05) is 17.8 Å². The van der Waals surface area contributed by atoms with Gasteiger partial charge in [-0.15, -0.1) is 0 Å². The van der Waals surface area contributed by atoms with E-state index in [1.54, 1.807) is 0 Å². The lowest BCUT2D eigenvalue weighted by molar-refractivity contribution is 0.266. The Bertz CT molecular complexity index is 392. The number of hydrogen-bond acceptors (Lipinski definition) is 3. The highest BCUT2D eigenvalue weighted by molar-refractivity contribution is 5.95. The number of hydrogen-bond donors (Lipinski definition) is 3. The first-order chi connectivity index (χ1) is 7.72.